The van der Waals surface area contributed by atoms with Gasteiger partial charge in [-0.05, 0) is 37.0 Å². The molecule has 0 radical (unpaired) electrons. The Balaban J connectivity index is 2.32. The maximum absolute atomic E-state index is 4.61. The van der Waals surface area contributed by atoms with Gasteiger partial charge in [0.05, 0.1) is 11.2 Å². The molecule has 2 aromatic heterocycles. The third-order valence-corrected chi connectivity index (χ3v) is 4.38. The fourth-order valence-electron chi connectivity index (χ4n) is 2.43. The predicted molar refractivity (Wildman–Crippen MR) is 82.5 cm³/mol. The van der Waals surface area contributed by atoms with E-state index in [1.165, 1.54) is 22.0 Å². The lowest BCUT2D eigenvalue weighted by Crippen LogP contribution is -1.91. The van der Waals surface area contributed by atoms with Crippen LogP contribution in [0.15, 0.2) is 29.8 Å². The van der Waals surface area contributed by atoms with E-state index in [1.54, 1.807) is 11.3 Å². The lowest BCUT2D eigenvalue weighted by atomic mass is 10.0. The number of benzene rings is 1. The molecule has 0 amide bonds. The molecular formula is C16H18N2S. The van der Waals surface area contributed by atoms with Crippen LogP contribution in [0.2, 0.25) is 0 Å². The molecule has 0 N–H and O–H groups in total. The molecule has 3 heteroatoms. The topological polar surface area (TPSA) is 17.8 Å². The summed E-state index contributed by atoms with van der Waals surface area (Å²) in [6, 6.07) is 6.67. The van der Waals surface area contributed by atoms with E-state index >= 15 is 0 Å². The van der Waals surface area contributed by atoms with Crippen molar-refractivity contribution in [2.75, 3.05) is 0 Å². The fraction of sp³-hybridized carbons (Fsp3) is 0.312. The normalized spacial score (nSPS) is 11.6. The zero-order valence-electron chi connectivity index (χ0n) is 11.8. The number of nitrogens with zero attached hydrogens (tertiary/aromatic N) is 2. The molecule has 19 heavy (non-hydrogen) atoms. The molecular weight excluding hydrogens is 252 g/mol. The molecule has 0 aliphatic carbocycles. The average molecular weight is 270 g/mol. The number of aromatic nitrogens is 2. The smallest absolute Gasteiger partial charge is 0.194 e. The Morgan fingerprint density at radius 2 is 2.00 bits per heavy atom. The van der Waals surface area contributed by atoms with Gasteiger partial charge >= 0.3 is 0 Å². The minimum atomic E-state index is 0.521. The first-order valence-corrected chi connectivity index (χ1v) is 7.48. The van der Waals surface area contributed by atoms with Crippen molar-refractivity contribution in [2.24, 2.45) is 0 Å². The van der Waals surface area contributed by atoms with Crippen LogP contribution in [0.1, 0.15) is 36.6 Å². The van der Waals surface area contributed by atoms with Crippen molar-refractivity contribution in [1.29, 1.82) is 0 Å². The molecule has 3 aromatic rings. The molecule has 3 rings (SSSR count). The van der Waals surface area contributed by atoms with Crippen LogP contribution in [0.5, 0.6) is 0 Å². The van der Waals surface area contributed by atoms with Crippen molar-refractivity contribution >= 4 is 22.2 Å². The Labute approximate surface area is 117 Å². The van der Waals surface area contributed by atoms with Gasteiger partial charge in [0.1, 0.15) is 0 Å². The Hall–Kier alpha value is -1.61. The molecule has 1 aromatic carbocycles. The molecule has 0 bridgehead atoms. The maximum atomic E-state index is 4.61. The van der Waals surface area contributed by atoms with E-state index in [2.05, 4.69) is 60.1 Å². The molecule has 2 heterocycles. The summed E-state index contributed by atoms with van der Waals surface area (Å²) < 4.78 is 2.23. The number of hydrogen-bond donors (Lipinski definition) is 0. The van der Waals surface area contributed by atoms with E-state index in [0.29, 0.717) is 5.92 Å². The van der Waals surface area contributed by atoms with E-state index in [4.69, 9.17) is 0 Å². The number of rotatable bonds is 2. The Morgan fingerprint density at radius 1 is 1.21 bits per heavy atom. The summed E-state index contributed by atoms with van der Waals surface area (Å²) in [7, 11) is 0. The summed E-state index contributed by atoms with van der Waals surface area (Å²) in [6.45, 7) is 8.66. The van der Waals surface area contributed by atoms with Crippen LogP contribution in [-0.4, -0.2) is 9.55 Å². The van der Waals surface area contributed by atoms with Crippen molar-refractivity contribution in [1.82, 2.24) is 9.55 Å². The molecule has 98 valence electrons. The quantitative estimate of drug-likeness (QED) is 0.652. The number of hydrogen-bond acceptors (Lipinski definition) is 2. The first-order valence-electron chi connectivity index (χ1n) is 6.60. The standard InChI is InChI=1S/C16H18N2S/c1-10(2)14-8-18(16-17-12(4)9-19-16)15-7-11(3)5-6-13(14)15/h5-10H,1-4H3. The molecule has 0 spiro atoms. The van der Waals surface area contributed by atoms with Gasteiger partial charge in [0.15, 0.2) is 5.13 Å². The van der Waals surface area contributed by atoms with Gasteiger partial charge in [-0.1, -0.05) is 26.0 Å². The van der Waals surface area contributed by atoms with E-state index in [1.807, 2.05) is 6.92 Å². The summed E-state index contributed by atoms with van der Waals surface area (Å²) in [5.41, 5.74) is 5.02. The monoisotopic (exact) mass is 270 g/mol. The zero-order valence-corrected chi connectivity index (χ0v) is 12.6. The van der Waals surface area contributed by atoms with Crippen molar-refractivity contribution < 1.29 is 0 Å². The third kappa shape index (κ3) is 2.08. The van der Waals surface area contributed by atoms with Gasteiger partial charge in [0.2, 0.25) is 0 Å². The third-order valence-electron chi connectivity index (χ3n) is 3.43. The van der Waals surface area contributed by atoms with Crippen molar-refractivity contribution in [2.45, 2.75) is 33.6 Å². The van der Waals surface area contributed by atoms with Gasteiger partial charge in [-0.15, -0.1) is 11.3 Å². The molecule has 0 fully saturated rings. The van der Waals surface area contributed by atoms with Crippen LogP contribution in [0.4, 0.5) is 0 Å². The first kappa shape index (κ1) is 12.4. The Bertz CT molecular complexity index is 734. The molecule has 0 atom stereocenters. The largest absolute Gasteiger partial charge is 0.292 e. The fourth-order valence-corrected chi connectivity index (χ4v) is 3.22. The van der Waals surface area contributed by atoms with Gasteiger partial charge in [-0.3, -0.25) is 4.57 Å². The van der Waals surface area contributed by atoms with Crippen LogP contribution in [0.3, 0.4) is 0 Å². The number of aryl methyl sites for hydroxylation is 2. The number of thiazole rings is 1. The van der Waals surface area contributed by atoms with Crippen LogP contribution < -0.4 is 0 Å². The highest BCUT2D eigenvalue weighted by atomic mass is 32.1. The minimum Gasteiger partial charge on any atom is -0.292 e. The molecule has 0 saturated carbocycles. The van der Waals surface area contributed by atoms with Crippen LogP contribution >= 0.6 is 11.3 Å². The first-order chi connectivity index (χ1) is 9.06. The van der Waals surface area contributed by atoms with Crippen molar-refractivity contribution in [3.63, 3.8) is 0 Å². The van der Waals surface area contributed by atoms with E-state index in [-0.39, 0.29) is 0 Å². The SMILES string of the molecule is Cc1ccc2c(C(C)C)cn(-c3nc(C)cs3)c2c1. The van der Waals surface area contributed by atoms with Gasteiger partial charge in [0, 0.05) is 17.0 Å². The highest BCUT2D eigenvalue weighted by Gasteiger charge is 2.14. The summed E-state index contributed by atoms with van der Waals surface area (Å²) in [5, 5.41) is 4.50. The zero-order chi connectivity index (χ0) is 13.6. The van der Waals surface area contributed by atoms with Gasteiger partial charge in [-0.25, -0.2) is 4.98 Å². The molecule has 0 saturated heterocycles. The Kier molecular flexibility index (Phi) is 2.94. The van der Waals surface area contributed by atoms with E-state index in [9.17, 15) is 0 Å². The van der Waals surface area contributed by atoms with Gasteiger partial charge in [0.25, 0.3) is 0 Å². The van der Waals surface area contributed by atoms with Gasteiger partial charge in [-0.2, -0.15) is 0 Å². The summed E-state index contributed by atoms with van der Waals surface area (Å²) in [5.74, 6) is 0.521. The predicted octanol–water partition coefficient (Wildman–Crippen LogP) is 4.83. The average Bonchev–Trinajstić information content (AvgIpc) is 2.92. The lowest BCUT2D eigenvalue weighted by molar-refractivity contribution is 0.869. The summed E-state index contributed by atoms with van der Waals surface area (Å²) >= 11 is 1.70. The molecule has 0 aliphatic rings. The van der Waals surface area contributed by atoms with E-state index in [0.717, 1.165) is 10.8 Å². The summed E-state index contributed by atoms with van der Waals surface area (Å²) in [4.78, 5) is 4.61. The Morgan fingerprint density at radius 3 is 2.63 bits per heavy atom. The van der Waals surface area contributed by atoms with Crippen LogP contribution in [-0.2, 0) is 0 Å². The van der Waals surface area contributed by atoms with E-state index < -0.39 is 0 Å². The highest BCUT2D eigenvalue weighted by molar-refractivity contribution is 7.12. The van der Waals surface area contributed by atoms with Crippen LogP contribution in [0.25, 0.3) is 16.0 Å². The lowest BCUT2D eigenvalue weighted by Gasteiger charge is -2.02. The second-order valence-electron chi connectivity index (χ2n) is 5.40. The highest BCUT2D eigenvalue weighted by Crippen LogP contribution is 2.31. The van der Waals surface area contributed by atoms with Crippen molar-refractivity contribution in [3.05, 3.63) is 46.6 Å². The van der Waals surface area contributed by atoms with Crippen LogP contribution in [0, 0.1) is 13.8 Å². The maximum Gasteiger partial charge on any atom is 0.194 e. The van der Waals surface area contributed by atoms with Crippen molar-refractivity contribution in [3.8, 4) is 5.13 Å². The minimum absolute atomic E-state index is 0.521. The second-order valence-corrected chi connectivity index (χ2v) is 6.24. The summed E-state index contributed by atoms with van der Waals surface area (Å²) in [6.07, 6.45) is 2.24. The molecule has 0 aliphatic heterocycles. The molecule has 2 nitrogen and oxygen atoms in total. The second kappa shape index (κ2) is 4.49. The molecule has 0 unspecified atom stereocenters. The van der Waals surface area contributed by atoms with Gasteiger partial charge < -0.3 is 0 Å². The number of fused-ring (bicyclic) bond motifs is 1.